The van der Waals surface area contributed by atoms with Gasteiger partial charge in [0.2, 0.25) is 0 Å². The van der Waals surface area contributed by atoms with Crippen LogP contribution >= 0.6 is 11.6 Å². The first-order valence-corrected chi connectivity index (χ1v) is 9.77. The third-order valence-corrected chi connectivity index (χ3v) is 5.42. The van der Waals surface area contributed by atoms with Gasteiger partial charge in [-0.1, -0.05) is 11.6 Å². The lowest BCUT2D eigenvalue weighted by Crippen LogP contribution is -2.41. The number of hydrogen-bond donors (Lipinski definition) is 0. The Morgan fingerprint density at radius 3 is 2.74 bits per heavy atom. The molecule has 2 heterocycles. The van der Waals surface area contributed by atoms with Crippen LogP contribution in [-0.2, 0) is 4.74 Å². The lowest BCUT2D eigenvalue weighted by molar-refractivity contribution is 0.0753. The fraction of sp³-hybridized carbons (Fsp3) is 0.579. The first-order chi connectivity index (χ1) is 13.0. The SMILES string of the molecule is CCOC(=O)N1CCC(N2CCCN(C(=O)c3ccc(Cl)cc3F)CC2)C1. The predicted octanol–water partition coefficient (Wildman–Crippen LogP) is 2.86. The van der Waals surface area contributed by atoms with Crippen molar-refractivity contribution in [2.45, 2.75) is 25.8 Å². The Balaban J connectivity index is 1.58. The lowest BCUT2D eigenvalue weighted by atomic mass is 10.2. The molecule has 0 bridgehead atoms. The number of halogens is 2. The standard InChI is InChI=1S/C19H25ClFN3O3/c1-2-27-19(26)24-9-6-15(13-24)22-7-3-8-23(11-10-22)18(25)16-5-4-14(20)12-17(16)21/h4-5,12,15H,2-3,6-11,13H2,1H3. The molecule has 148 valence electrons. The second-order valence-electron chi connectivity index (χ2n) is 6.89. The molecule has 2 fully saturated rings. The molecule has 8 heteroatoms. The largest absolute Gasteiger partial charge is 0.450 e. The van der Waals surface area contributed by atoms with E-state index in [1.54, 1.807) is 16.7 Å². The zero-order chi connectivity index (χ0) is 19.4. The van der Waals surface area contributed by atoms with Gasteiger partial charge < -0.3 is 14.5 Å². The van der Waals surface area contributed by atoms with Crippen LogP contribution in [0.25, 0.3) is 0 Å². The van der Waals surface area contributed by atoms with Crippen LogP contribution < -0.4 is 0 Å². The first-order valence-electron chi connectivity index (χ1n) is 9.39. The maximum atomic E-state index is 14.1. The Kier molecular flexibility index (Phi) is 6.55. The van der Waals surface area contributed by atoms with Gasteiger partial charge in [-0.2, -0.15) is 0 Å². The van der Waals surface area contributed by atoms with Crippen molar-refractivity contribution in [3.63, 3.8) is 0 Å². The highest BCUT2D eigenvalue weighted by Gasteiger charge is 2.32. The Morgan fingerprint density at radius 1 is 1.19 bits per heavy atom. The van der Waals surface area contributed by atoms with Gasteiger partial charge in [-0.25, -0.2) is 9.18 Å². The Hall–Kier alpha value is -1.86. The van der Waals surface area contributed by atoms with Crippen molar-refractivity contribution < 1.29 is 18.7 Å². The molecule has 0 N–H and O–H groups in total. The Morgan fingerprint density at radius 2 is 2.00 bits per heavy atom. The fourth-order valence-corrected chi connectivity index (χ4v) is 3.92. The van der Waals surface area contributed by atoms with E-state index in [9.17, 15) is 14.0 Å². The number of hydrogen-bond acceptors (Lipinski definition) is 4. The quantitative estimate of drug-likeness (QED) is 0.787. The highest BCUT2D eigenvalue weighted by Crippen LogP contribution is 2.20. The molecular weight excluding hydrogens is 373 g/mol. The molecule has 0 radical (unpaired) electrons. The monoisotopic (exact) mass is 397 g/mol. The minimum absolute atomic E-state index is 0.0576. The third-order valence-electron chi connectivity index (χ3n) is 5.19. The summed E-state index contributed by atoms with van der Waals surface area (Å²) in [7, 11) is 0. The number of likely N-dealkylation sites (tertiary alicyclic amines) is 1. The van der Waals surface area contributed by atoms with Crippen molar-refractivity contribution in [1.29, 1.82) is 0 Å². The van der Waals surface area contributed by atoms with E-state index in [0.717, 1.165) is 19.4 Å². The number of benzene rings is 1. The molecule has 2 saturated heterocycles. The van der Waals surface area contributed by atoms with Crippen LogP contribution in [-0.4, -0.2) is 78.6 Å². The molecule has 2 amide bonds. The zero-order valence-electron chi connectivity index (χ0n) is 15.5. The summed E-state index contributed by atoms with van der Waals surface area (Å²) in [6.45, 7) is 6.22. The van der Waals surface area contributed by atoms with Crippen LogP contribution in [0.5, 0.6) is 0 Å². The molecule has 6 nitrogen and oxygen atoms in total. The van der Waals surface area contributed by atoms with E-state index in [1.165, 1.54) is 18.2 Å². The maximum absolute atomic E-state index is 14.1. The fourth-order valence-electron chi connectivity index (χ4n) is 3.76. The highest BCUT2D eigenvalue weighted by molar-refractivity contribution is 6.30. The van der Waals surface area contributed by atoms with Crippen LogP contribution in [0.15, 0.2) is 18.2 Å². The summed E-state index contributed by atoms with van der Waals surface area (Å²) in [6.07, 6.45) is 1.46. The topological polar surface area (TPSA) is 53.1 Å². The van der Waals surface area contributed by atoms with Gasteiger partial charge in [0.1, 0.15) is 5.82 Å². The van der Waals surface area contributed by atoms with E-state index < -0.39 is 5.82 Å². The lowest BCUT2D eigenvalue weighted by Gasteiger charge is -2.27. The van der Waals surface area contributed by atoms with Gasteiger partial charge in [-0.3, -0.25) is 9.69 Å². The van der Waals surface area contributed by atoms with E-state index in [-0.39, 0.29) is 28.6 Å². The van der Waals surface area contributed by atoms with Gasteiger partial charge in [-0.15, -0.1) is 0 Å². The van der Waals surface area contributed by atoms with Crippen LogP contribution in [0, 0.1) is 5.82 Å². The number of nitrogens with zero attached hydrogens (tertiary/aromatic N) is 3. The minimum Gasteiger partial charge on any atom is -0.450 e. The van der Waals surface area contributed by atoms with E-state index in [4.69, 9.17) is 16.3 Å². The zero-order valence-corrected chi connectivity index (χ0v) is 16.3. The second-order valence-corrected chi connectivity index (χ2v) is 7.33. The molecule has 27 heavy (non-hydrogen) atoms. The molecule has 0 spiro atoms. The number of carbonyl (C=O) groups excluding carboxylic acids is 2. The van der Waals surface area contributed by atoms with Crippen molar-refractivity contribution in [2.24, 2.45) is 0 Å². The van der Waals surface area contributed by atoms with Crippen LogP contribution in [0.4, 0.5) is 9.18 Å². The summed E-state index contributed by atoms with van der Waals surface area (Å²) in [6, 6.07) is 4.42. The second kappa shape index (κ2) is 8.89. The van der Waals surface area contributed by atoms with Crippen LogP contribution in [0.3, 0.4) is 0 Å². The predicted molar refractivity (Wildman–Crippen MR) is 101 cm³/mol. The molecule has 3 rings (SSSR count). The number of ether oxygens (including phenoxy) is 1. The van der Waals surface area contributed by atoms with Crippen LogP contribution in [0.2, 0.25) is 5.02 Å². The average Bonchev–Trinajstić information content (AvgIpc) is 3.00. The van der Waals surface area contributed by atoms with Crippen molar-refractivity contribution in [3.05, 3.63) is 34.6 Å². The Labute approximate surface area is 163 Å². The third kappa shape index (κ3) is 4.71. The average molecular weight is 398 g/mol. The molecule has 1 aromatic rings. The highest BCUT2D eigenvalue weighted by atomic mass is 35.5. The molecule has 1 aromatic carbocycles. The van der Waals surface area contributed by atoms with Gasteiger partial charge in [0.15, 0.2) is 0 Å². The number of rotatable bonds is 3. The number of carbonyl (C=O) groups is 2. The number of amides is 2. The van der Waals surface area contributed by atoms with Crippen molar-refractivity contribution >= 4 is 23.6 Å². The molecule has 2 aliphatic rings. The van der Waals surface area contributed by atoms with Gasteiger partial charge >= 0.3 is 6.09 Å². The summed E-state index contributed by atoms with van der Waals surface area (Å²) in [5.74, 6) is -0.889. The van der Waals surface area contributed by atoms with E-state index in [1.807, 2.05) is 0 Å². The van der Waals surface area contributed by atoms with Crippen LogP contribution in [0.1, 0.15) is 30.1 Å². The molecule has 1 atom stereocenters. The summed E-state index contributed by atoms with van der Waals surface area (Å²) in [5.41, 5.74) is 0.0576. The van der Waals surface area contributed by atoms with Gasteiger partial charge in [0.25, 0.3) is 5.91 Å². The van der Waals surface area contributed by atoms with E-state index in [2.05, 4.69) is 4.90 Å². The van der Waals surface area contributed by atoms with E-state index >= 15 is 0 Å². The minimum atomic E-state index is -0.588. The first kappa shape index (κ1) is 19.9. The smallest absolute Gasteiger partial charge is 0.409 e. The van der Waals surface area contributed by atoms with Gasteiger partial charge in [0, 0.05) is 50.3 Å². The molecular formula is C19H25ClFN3O3. The summed E-state index contributed by atoms with van der Waals surface area (Å²) in [4.78, 5) is 30.3. The molecule has 0 aliphatic carbocycles. The molecule has 2 aliphatic heterocycles. The Bertz CT molecular complexity index is 703. The normalized spacial score (nSPS) is 21.2. The maximum Gasteiger partial charge on any atom is 0.409 e. The summed E-state index contributed by atoms with van der Waals surface area (Å²) in [5, 5.41) is 0.276. The van der Waals surface area contributed by atoms with Crippen molar-refractivity contribution in [2.75, 3.05) is 45.9 Å². The molecule has 0 saturated carbocycles. The van der Waals surface area contributed by atoms with E-state index in [0.29, 0.717) is 39.3 Å². The van der Waals surface area contributed by atoms with Gasteiger partial charge in [0.05, 0.1) is 12.2 Å². The summed E-state index contributed by atoms with van der Waals surface area (Å²) < 4.78 is 19.1. The molecule has 1 unspecified atom stereocenters. The van der Waals surface area contributed by atoms with Crippen molar-refractivity contribution in [3.8, 4) is 0 Å². The van der Waals surface area contributed by atoms with Gasteiger partial charge in [-0.05, 0) is 38.0 Å². The van der Waals surface area contributed by atoms with Crippen molar-refractivity contribution in [1.82, 2.24) is 14.7 Å². The molecule has 0 aromatic heterocycles. The summed E-state index contributed by atoms with van der Waals surface area (Å²) >= 11 is 5.77.